The fourth-order valence-corrected chi connectivity index (χ4v) is 1.26. The lowest BCUT2D eigenvalue weighted by Crippen LogP contribution is -2.13. The van der Waals surface area contributed by atoms with Crippen LogP contribution in [0.25, 0.3) is 0 Å². The summed E-state index contributed by atoms with van der Waals surface area (Å²) in [4.78, 5) is 15.2. The number of carbonyl (C=O) groups excluding carboxylic acids is 1. The van der Waals surface area contributed by atoms with E-state index in [1.165, 1.54) is 10.9 Å². The SMILES string of the molecule is CCOC(=O)c1ncn(CCOCC(F)F)c1N. The molecule has 0 aliphatic rings. The fourth-order valence-electron chi connectivity index (χ4n) is 1.26. The standard InChI is InChI=1S/C10H15F2N3O3/c1-2-18-10(16)8-9(13)15(6-14-8)3-4-17-5-7(11)12/h6-7H,2-5,13H2,1H3. The van der Waals surface area contributed by atoms with Crippen molar-refractivity contribution in [1.82, 2.24) is 9.55 Å². The summed E-state index contributed by atoms with van der Waals surface area (Å²) in [5.74, 6) is -0.476. The molecule has 1 aromatic rings. The number of hydrogen-bond donors (Lipinski definition) is 1. The molecule has 0 aliphatic heterocycles. The third-order valence-corrected chi connectivity index (χ3v) is 2.07. The number of esters is 1. The molecule has 1 aromatic heterocycles. The van der Waals surface area contributed by atoms with Crippen molar-refractivity contribution >= 4 is 11.8 Å². The Morgan fingerprint density at radius 1 is 1.61 bits per heavy atom. The maximum atomic E-state index is 11.8. The molecule has 8 heteroatoms. The number of hydrogen-bond acceptors (Lipinski definition) is 5. The average molecular weight is 263 g/mol. The largest absolute Gasteiger partial charge is 0.461 e. The van der Waals surface area contributed by atoms with E-state index in [1.54, 1.807) is 6.92 Å². The number of carbonyl (C=O) groups is 1. The number of anilines is 1. The van der Waals surface area contributed by atoms with Gasteiger partial charge < -0.3 is 19.8 Å². The van der Waals surface area contributed by atoms with E-state index >= 15 is 0 Å². The van der Waals surface area contributed by atoms with E-state index in [-0.39, 0.29) is 31.3 Å². The second-order valence-corrected chi connectivity index (χ2v) is 3.36. The lowest BCUT2D eigenvalue weighted by molar-refractivity contribution is 0.0149. The first-order valence-corrected chi connectivity index (χ1v) is 5.39. The van der Waals surface area contributed by atoms with Crippen LogP contribution < -0.4 is 5.73 Å². The van der Waals surface area contributed by atoms with Gasteiger partial charge in [0.2, 0.25) is 0 Å². The van der Waals surface area contributed by atoms with Crippen LogP contribution in [0.15, 0.2) is 6.33 Å². The minimum Gasteiger partial charge on any atom is -0.461 e. The Bertz CT molecular complexity index is 396. The van der Waals surface area contributed by atoms with Gasteiger partial charge in [-0.3, -0.25) is 0 Å². The predicted octanol–water partition coefficient (Wildman–Crippen LogP) is 0.924. The summed E-state index contributed by atoms with van der Waals surface area (Å²) >= 11 is 0. The molecule has 102 valence electrons. The lowest BCUT2D eigenvalue weighted by atomic mass is 10.4. The van der Waals surface area contributed by atoms with Crippen molar-refractivity contribution in [2.75, 3.05) is 25.6 Å². The van der Waals surface area contributed by atoms with Crippen molar-refractivity contribution in [3.05, 3.63) is 12.0 Å². The lowest BCUT2D eigenvalue weighted by Gasteiger charge is -2.06. The van der Waals surface area contributed by atoms with Crippen molar-refractivity contribution in [2.45, 2.75) is 19.9 Å². The normalized spacial score (nSPS) is 10.9. The summed E-state index contributed by atoms with van der Waals surface area (Å²) in [5.41, 5.74) is 5.69. The van der Waals surface area contributed by atoms with Gasteiger partial charge in [0.05, 0.1) is 19.5 Å². The van der Waals surface area contributed by atoms with E-state index in [9.17, 15) is 13.6 Å². The quantitative estimate of drug-likeness (QED) is 0.584. The second-order valence-electron chi connectivity index (χ2n) is 3.36. The molecule has 0 saturated heterocycles. The first-order chi connectivity index (χ1) is 8.56. The van der Waals surface area contributed by atoms with Gasteiger partial charge in [-0.1, -0.05) is 0 Å². The van der Waals surface area contributed by atoms with E-state index in [0.717, 1.165) is 0 Å². The Morgan fingerprint density at radius 2 is 2.33 bits per heavy atom. The third-order valence-electron chi connectivity index (χ3n) is 2.07. The van der Waals surface area contributed by atoms with Crippen LogP contribution >= 0.6 is 0 Å². The van der Waals surface area contributed by atoms with E-state index in [1.807, 2.05) is 0 Å². The highest BCUT2D eigenvalue weighted by atomic mass is 19.3. The smallest absolute Gasteiger partial charge is 0.360 e. The fraction of sp³-hybridized carbons (Fsp3) is 0.600. The van der Waals surface area contributed by atoms with Crippen molar-refractivity contribution in [3.63, 3.8) is 0 Å². The summed E-state index contributed by atoms with van der Waals surface area (Å²) in [6.07, 6.45) is -1.16. The number of alkyl halides is 2. The Balaban J connectivity index is 2.50. The molecule has 0 atom stereocenters. The molecule has 0 amide bonds. The van der Waals surface area contributed by atoms with Gasteiger partial charge >= 0.3 is 5.97 Å². The zero-order valence-corrected chi connectivity index (χ0v) is 9.94. The van der Waals surface area contributed by atoms with Crippen LogP contribution in [-0.4, -0.2) is 41.8 Å². The van der Waals surface area contributed by atoms with Crippen molar-refractivity contribution in [2.24, 2.45) is 0 Å². The van der Waals surface area contributed by atoms with Crippen LogP contribution in [-0.2, 0) is 16.0 Å². The minimum atomic E-state index is -2.50. The molecule has 1 heterocycles. The second kappa shape index (κ2) is 6.90. The van der Waals surface area contributed by atoms with Gasteiger partial charge in [-0.05, 0) is 6.92 Å². The number of halogens is 2. The van der Waals surface area contributed by atoms with Gasteiger partial charge in [0, 0.05) is 6.54 Å². The van der Waals surface area contributed by atoms with Crippen molar-refractivity contribution in [1.29, 1.82) is 0 Å². The van der Waals surface area contributed by atoms with E-state index in [4.69, 9.17) is 15.2 Å². The molecule has 2 N–H and O–H groups in total. The highest BCUT2D eigenvalue weighted by Gasteiger charge is 2.16. The number of nitrogen functional groups attached to an aromatic ring is 1. The zero-order chi connectivity index (χ0) is 13.5. The first-order valence-electron chi connectivity index (χ1n) is 5.39. The summed E-state index contributed by atoms with van der Waals surface area (Å²) in [6.45, 7) is 1.57. The third kappa shape index (κ3) is 3.95. The van der Waals surface area contributed by atoms with Crippen molar-refractivity contribution in [3.8, 4) is 0 Å². The monoisotopic (exact) mass is 263 g/mol. The molecule has 0 fully saturated rings. The van der Waals surface area contributed by atoms with E-state index in [2.05, 4.69) is 4.98 Å². The van der Waals surface area contributed by atoms with Gasteiger partial charge in [-0.25, -0.2) is 18.6 Å². The number of imidazole rings is 1. The highest BCUT2D eigenvalue weighted by molar-refractivity contribution is 5.92. The molecular weight excluding hydrogens is 248 g/mol. The molecule has 0 radical (unpaired) electrons. The molecule has 18 heavy (non-hydrogen) atoms. The zero-order valence-electron chi connectivity index (χ0n) is 9.94. The summed E-state index contributed by atoms with van der Waals surface area (Å²) in [5, 5.41) is 0. The van der Waals surface area contributed by atoms with Gasteiger partial charge in [-0.2, -0.15) is 0 Å². The van der Waals surface area contributed by atoms with Crippen LogP contribution in [0.5, 0.6) is 0 Å². The van der Waals surface area contributed by atoms with Gasteiger partial charge in [0.25, 0.3) is 6.43 Å². The predicted molar refractivity (Wildman–Crippen MR) is 59.4 cm³/mol. The maximum Gasteiger partial charge on any atom is 0.360 e. The van der Waals surface area contributed by atoms with Gasteiger partial charge in [0.15, 0.2) is 5.69 Å². The van der Waals surface area contributed by atoms with Gasteiger partial charge in [-0.15, -0.1) is 0 Å². The molecule has 0 bridgehead atoms. The summed E-state index contributed by atoms with van der Waals surface area (Å²) < 4.78 is 34.5. The summed E-state index contributed by atoms with van der Waals surface area (Å²) in [6, 6.07) is 0. The number of nitrogens with two attached hydrogens (primary N) is 1. The average Bonchev–Trinajstić information content (AvgIpc) is 2.66. The highest BCUT2D eigenvalue weighted by Crippen LogP contribution is 2.11. The molecule has 0 aliphatic carbocycles. The molecule has 0 spiro atoms. The summed E-state index contributed by atoms with van der Waals surface area (Å²) in [7, 11) is 0. The Labute approximate surface area is 103 Å². The Hall–Kier alpha value is -1.70. The number of aromatic nitrogens is 2. The molecule has 1 rings (SSSR count). The van der Waals surface area contributed by atoms with Crippen LogP contribution in [0.1, 0.15) is 17.4 Å². The van der Waals surface area contributed by atoms with Crippen LogP contribution in [0, 0.1) is 0 Å². The number of rotatable bonds is 7. The minimum absolute atomic E-state index is 0.0192. The molecular formula is C10H15F2N3O3. The topological polar surface area (TPSA) is 79.4 Å². The van der Waals surface area contributed by atoms with Crippen LogP contribution in [0.4, 0.5) is 14.6 Å². The number of nitrogens with zero attached hydrogens (tertiary/aromatic N) is 2. The van der Waals surface area contributed by atoms with Gasteiger partial charge in [0.1, 0.15) is 12.4 Å². The Morgan fingerprint density at radius 3 is 2.94 bits per heavy atom. The Kier molecular flexibility index (Phi) is 5.50. The number of ether oxygens (including phenoxy) is 2. The van der Waals surface area contributed by atoms with E-state index in [0.29, 0.717) is 0 Å². The molecule has 0 aromatic carbocycles. The molecule has 6 nitrogen and oxygen atoms in total. The molecule has 0 saturated carbocycles. The van der Waals surface area contributed by atoms with Crippen LogP contribution in [0.3, 0.4) is 0 Å². The van der Waals surface area contributed by atoms with E-state index < -0.39 is 19.0 Å². The molecule has 0 unspecified atom stereocenters. The first kappa shape index (κ1) is 14.4. The maximum absolute atomic E-state index is 11.8. The van der Waals surface area contributed by atoms with Crippen molar-refractivity contribution < 1.29 is 23.0 Å². The van der Waals surface area contributed by atoms with Crippen LogP contribution in [0.2, 0.25) is 0 Å².